The second kappa shape index (κ2) is 6.87. The standard InChI is InChI=1S/C19H24N6O4/c1-11(24-9-13(6-21-24)25(27)28)15-7-20-18(22-16(15)10-29-19(2,3)4)23-8-12-5-14(12)17(23)26/h6-7,9,11-12,14H,5,8,10H2,1-4H3. The molecular weight excluding hydrogens is 376 g/mol. The van der Waals surface area contributed by atoms with E-state index < -0.39 is 4.92 Å². The molecule has 10 heteroatoms. The molecule has 0 radical (unpaired) electrons. The second-order valence-electron chi connectivity index (χ2n) is 8.64. The van der Waals surface area contributed by atoms with Gasteiger partial charge in [0.1, 0.15) is 12.4 Å². The Kier molecular flexibility index (Phi) is 4.60. The summed E-state index contributed by atoms with van der Waals surface area (Å²) in [6.45, 7) is 8.61. The van der Waals surface area contributed by atoms with E-state index in [1.165, 1.54) is 17.1 Å². The van der Waals surface area contributed by atoms with Crippen molar-refractivity contribution >= 4 is 17.5 Å². The van der Waals surface area contributed by atoms with Crippen LogP contribution in [0.4, 0.5) is 11.6 Å². The molecular formula is C19H24N6O4. The molecule has 1 aliphatic carbocycles. The van der Waals surface area contributed by atoms with Gasteiger partial charge < -0.3 is 4.74 Å². The Morgan fingerprint density at radius 2 is 2.14 bits per heavy atom. The zero-order valence-corrected chi connectivity index (χ0v) is 16.9. The first-order valence-electron chi connectivity index (χ1n) is 9.64. The van der Waals surface area contributed by atoms with E-state index in [0.717, 1.165) is 12.0 Å². The lowest BCUT2D eigenvalue weighted by Crippen LogP contribution is -2.30. The van der Waals surface area contributed by atoms with Gasteiger partial charge in [-0.2, -0.15) is 5.10 Å². The number of piperidine rings is 1. The van der Waals surface area contributed by atoms with Crippen LogP contribution in [0.15, 0.2) is 18.6 Å². The van der Waals surface area contributed by atoms with Crippen LogP contribution in [0.1, 0.15) is 51.4 Å². The molecule has 0 N–H and O–H groups in total. The van der Waals surface area contributed by atoms with Crippen LogP contribution in [0.5, 0.6) is 0 Å². The molecule has 0 aromatic carbocycles. The number of fused-ring (bicyclic) bond motifs is 1. The van der Waals surface area contributed by atoms with Crippen LogP contribution in [-0.4, -0.2) is 42.7 Å². The fraction of sp³-hybridized carbons (Fsp3) is 0.579. The van der Waals surface area contributed by atoms with E-state index in [-0.39, 0.29) is 35.8 Å². The van der Waals surface area contributed by atoms with Crippen molar-refractivity contribution in [1.29, 1.82) is 0 Å². The molecule has 0 bridgehead atoms. The molecule has 0 spiro atoms. The van der Waals surface area contributed by atoms with E-state index >= 15 is 0 Å². The summed E-state index contributed by atoms with van der Waals surface area (Å²) >= 11 is 0. The van der Waals surface area contributed by atoms with Gasteiger partial charge in [0.05, 0.1) is 28.9 Å². The van der Waals surface area contributed by atoms with E-state index in [9.17, 15) is 14.9 Å². The van der Waals surface area contributed by atoms with Crippen LogP contribution in [0, 0.1) is 22.0 Å². The second-order valence-corrected chi connectivity index (χ2v) is 8.64. The minimum atomic E-state index is -0.482. The molecule has 2 aromatic heterocycles. The Hall–Kier alpha value is -2.88. The number of nitro groups is 1. The SMILES string of the molecule is CC(c1cnc(N2CC3CC3C2=O)nc1COC(C)(C)C)n1cc([N+](=O)[O-])cn1. The first-order chi connectivity index (χ1) is 13.6. The Balaban J connectivity index is 1.65. The zero-order chi connectivity index (χ0) is 20.9. The predicted octanol–water partition coefficient (Wildman–Crippen LogP) is 2.49. The maximum absolute atomic E-state index is 12.4. The summed E-state index contributed by atoms with van der Waals surface area (Å²) in [5.41, 5.74) is 0.932. The number of hydrogen-bond donors (Lipinski definition) is 0. The van der Waals surface area contributed by atoms with Crippen LogP contribution in [-0.2, 0) is 16.1 Å². The third-order valence-corrected chi connectivity index (χ3v) is 5.34. The first-order valence-corrected chi connectivity index (χ1v) is 9.64. The van der Waals surface area contributed by atoms with Crippen molar-refractivity contribution in [3.63, 3.8) is 0 Å². The fourth-order valence-electron chi connectivity index (χ4n) is 3.53. The smallest absolute Gasteiger partial charge is 0.307 e. The van der Waals surface area contributed by atoms with Crippen molar-refractivity contribution in [2.24, 2.45) is 11.8 Å². The van der Waals surface area contributed by atoms with Crippen molar-refractivity contribution in [2.45, 2.75) is 52.4 Å². The lowest BCUT2D eigenvalue weighted by atomic mass is 10.1. The van der Waals surface area contributed by atoms with Gasteiger partial charge in [-0.05, 0) is 40.0 Å². The molecule has 4 rings (SSSR count). The Morgan fingerprint density at radius 1 is 1.38 bits per heavy atom. The zero-order valence-electron chi connectivity index (χ0n) is 16.9. The van der Waals surface area contributed by atoms with Crippen LogP contribution >= 0.6 is 0 Å². The van der Waals surface area contributed by atoms with Gasteiger partial charge in [-0.25, -0.2) is 9.97 Å². The third-order valence-electron chi connectivity index (χ3n) is 5.34. The van der Waals surface area contributed by atoms with Crippen molar-refractivity contribution in [3.8, 4) is 0 Å². The molecule has 29 heavy (non-hydrogen) atoms. The predicted molar refractivity (Wildman–Crippen MR) is 103 cm³/mol. The normalized spacial score (nSPS) is 21.9. The highest BCUT2D eigenvalue weighted by atomic mass is 16.6. The molecule has 10 nitrogen and oxygen atoms in total. The largest absolute Gasteiger partial charge is 0.370 e. The molecule has 1 saturated heterocycles. The van der Waals surface area contributed by atoms with E-state index in [2.05, 4.69) is 15.1 Å². The number of amides is 1. The summed E-state index contributed by atoms with van der Waals surface area (Å²) < 4.78 is 7.44. The van der Waals surface area contributed by atoms with Crippen molar-refractivity contribution in [1.82, 2.24) is 19.7 Å². The topological polar surface area (TPSA) is 116 Å². The number of hydrogen-bond acceptors (Lipinski definition) is 7. The van der Waals surface area contributed by atoms with E-state index in [0.29, 0.717) is 24.1 Å². The van der Waals surface area contributed by atoms with Gasteiger partial charge in [0.25, 0.3) is 0 Å². The van der Waals surface area contributed by atoms with Crippen LogP contribution in [0.25, 0.3) is 0 Å². The summed E-state index contributed by atoms with van der Waals surface area (Å²) in [6.07, 6.45) is 5.22. The average molecular weight is 400 g/mol. The quantitative estimate of drug-likeness (QED) is 0.540. The number of carbonyl (C=O) groups is 1. The van der Waals surface area contributed by atoms with E-state index in [1.54, 1.807) is 11.1 Å². The molecule has 154 valence electrons. The van der Waals surface area contributed by atoms with Crippen LogP contribution in [0.2, 0.25) is 0 Å². The van der Waals surface area contributed by atoms with Gasteiger partial charge in [-0.15, -0.1) is 0 Å². The Morgan fingerprint density at radius 3 is 2.72 bits per heavy atom. The molecule has 2 aliphatic rings. The number of anilines is 1. The number of carbonyl (C=O) groups excluding carboxylic acids is 1. The Labute approximate surface area is 168 Å². The lowest BCUT2D eigenvalue weighted by Gasteiger charge is -2.23. The van der Waals surface area contributed by atoms with Crippen LogP contribution in [0.3, 0.4) is 0 Å². The molecule has 2 fully saturated rings. The van der Waals surface area contributed by atoms with Crippen molar-refractivity contribution in [3.05, 3.63) is 40.0 Å². The average Bonchev–Trinajstić information content (AvgIpc) is 3.11. The number of aromatic nitrogens is 4. The Bertz CT molecular complexity index is 966. The minimum absolute atomic E-state index is 0.0798. The van der Waals surface area contributed by atoms with Gasteiger partial charge in [-0.3, -0.25) is 24.5 Å². The van der Waals surface area contributed by atoms with Crippen molar-refractivity contribution in [2.75, 3.05) is 11.4 Å². The summed E-state index contributed by atoms with van der Waals surface area (Å²) in [5.74, 6) is 1.01. The highest BCUT2D eigenvalue weighted by Crippen LogP contribution is 2.46. The highest BCUT2D eigenvalue weighted by Gasteiger charge is 2.53. The molecule has 3 atom stereocenters. The summed E-state index contributed by atoms with van der Waals surface area (Å²) in [4.78, 5) is 33.6. The highest BCUT2D eigenvalue weighted by molar-refractivity contribution is 5.98. The van der Waals surface area contributed by atoms with E-state index in [1.807, 2.05) is 27.7 Å². The molecule has 1 amide bonds. The summed E-state index contributed by atoms with van der Waals surface area (Å²) in [7, 11) is 0. The van der Waals surface area contributed by atoms with E-state index in [4.69, 9.17) is 4.74 Å². The van der Waals surface area contributed by atoms with Gasteiger partial charge >= 0.3 is 5.69 Å². The number of nitrogens with zero attached hydrogens (tertiary/aromatic N) is 6. The molecule has 3 heterocycles. The third kappa shape index (κ3) is 3.84. The van der Waals surface area contributed by atoms with Crippen LogP contribution < -0.4 is 4.90 Å². The minimum Gasteiger partial charge on any atom is -0.370 e. The summed E-state index contributed by atoms with van der Waals surface area (Å²) in [6, 6.07) is -0.334. The molecule has 2 aromatic rings. The molecule has 1 aliphatic heterocycles. The number of rotatable bonds is 6. The fourth-order valence-corrected chi connectivity index (χ4v) is 3.53. The summed E-state index contributed by atoms with van der Waals surface area (Å²) in [5, 5.41) is 15.1. The lowest BCUT2D eigenvalue weighted by molar-refractivity contribution is -0.385. The monoisotopic (exact) mass is 400 g/mol. The van der Waals surface area contributed by atoms with Gasteiger partial charge in [0.2, 0.25) is 11.9 Å². The van der Waals surface area contributed by atoms with Gasteiger partial charge in [-0.1, -0.05) is 0 Å². The first kappa shape index (κ1) is 19.4. The van der Waals surface area contributed by atoms with Gasteiger partial charge in [0.15, 0.2) is 0 Å². The van der Waals surface area contributed by atoms with Gasteiger partial charge in [0, 0.05) is 24.2 Å². The number of ether oxygens (including phenoxy) is 1. The maximum atomic E-state index is 12.4. The molecule has 1 saturated carbocycles. The molecule has 3 unspecified atom stereocenters. The maximum Gasteiger partial charge on any atom is 0.307 e. The van der Waals surface area contributed by atoms with Crippen molar-refractivity contribution < 1.29 is 14.5 Å².